The Morgan fingerprint density at radius 3 is 2.88 bits per heavy atom. The Hall–Kier alpha value is -1.95. The highest BCUT2D eigenvalue weighted by atomic mass is 16.5. The zero-order chi connectivity index (χ0) is 16.8. The first kappa shape index (κ1) is 16.9. The van der Waals surface area contributed by atoms with Gasteiger partial charge in [-0.05, 0) is 44.5 Å². The summed E-state index contributed by atoms with van der Waals surface area (Å²) >= 11 is 0. The molecule has 0 radical (unpaired) electrons. The normalized spacial score (nSPS) is 17.9. The van der Waals surface area contributed by atoms with Crippen molar-refractivity contribution in [3.63, 3.8) is 0 Å². The van der Waals surface area contributed by atoms with E-state index in [1.165, 1.54) is 0 Å². The molecule has 6 heteroatoms. The van der Waals surface area contributed by atoms with Gasteiger partial charge in [0.25, 0.3) is 0 Å². The fraction of sp³-hybridized carbons (Fsp3) is 0.611. The molecule has 0 atom stereocenters. The summed E-state index contributed by atoms with van der Waals surface area (Å²) in [5.74, 6) is 1.35. The number of hydrogen-bond acceptors (Lipinski definition) is 4. The van der Waals surface area contributed by atoms with Crippen molar-refractivity contribution in [2.24, 2.45) is 0 Å². The van der Waals surface area contributed by atoms with Gasteiger partial charge in [0.15, 0.2) is 11.5 Å². The summed E-state index contributed by atoms with van der Waals surface area (Å²) in [7, 11) is 0. The van der Waals surface area contributed by atoms with Crippen molar-refractivity contribution in [1.82, 2.24) is 10.2 Å². The minimum Gasteiger partial charge on any atom is -0.489 e. The zero-order valence-corrected chi connectivity index (χ0v) is 14.3. The molecule has 132 valence electrons. The van der Waals surface area contributed by atoms with Gasteiger partial charge >= 0.3 is 6.03 Å². The first-order valence-electron chi connectivity index (χ1n) is 8.96. The highest BCUT2D eigenvalue weighted by Crippen LogP contribution is 2.37. The van der Waals surface area contributed by atoms with E-state index in [0.717, 1.165) is 45.3 Å². The number of carbonyl (C=O) groups is 1. The number of benzene rings is 1. The van der Waals surface area contributed by atoms with Crippen LogP contribution in [0.25, 0.3) is 0 Å². The fourth-order valence-corrected chi connectivity index (χ4v) is 3.29. The summed E-state index contributed by atoms with van der Waals surface area (Å²) < 4.78 is 11.5. The number of carbonyl (C=O) groups excluding carboxylic acids is 1. The van der Waals surface area contributed by atoms with Crippen molar-refractivity contribution < 1.29 is 14.3 Å². The number of fused-ring (bicyclic) bond motifs is 1. The largest absolute Gasteiger partial charge is 0.489 e. The van der Waals surface area contributed by atoms with Crippen LogP contribution < -0.4 is 20.1 Å². The molecule has 2 heterocycles. The number of anilines is 1. The lowest BCUT2D eigenvalue weighted by atomic mass is 10.0. The molecule has 0 aliphatic carbocycles. The number of urea groups is 1. The Labute approximate surface area is 143 Å². The number of rotatable bonds is 4. The maximum atomic E-state index is 12.9. The quantitative estimate of drug-likeness (QED) is 0.889. The van der Waals surface area contributed by atoms with E-state index in [2.05, 4.69) is 17.6 Å². The lowest BCUT2D eigenvalue weighted by Crippen LogP contribution is -2.48. The number of para-hydroxylation sites is 1. The molecule has 1 aromatic carbocycles. The van der Waals surface area contributed by atoms with Crippen LogP contribution in [-0.4, -0.2) is 49.8 Å². The van der Waals surface area contributed by atoms with Crippen LogP contribution in [0.15, 0.2) is 18.2 Å². The molecule has 3 rings (SSSR count). The molecule has 0 aromatic heterocycles. The topological polar surface area (TPSA) is 62.8 Å². The van der Waals surface area contributed by atoms with Gasteiger partial charge in [-0.15, -0.1) is 0 Å². The number of hydrogen-bond donors (Lipinski definition) is 2. The van der Waals surface area contributed by atoms with Crippen molar-refractivity contribution in [2.45, 2.75) is 38.6 Å². The molecule has 0 unspecified atom stereocenters. The van der Waals surface area contributed by atoms with E-state index in [9.17, 15) is 4.79 Å². The van der Waals surface area contributed by atoms with Crippen LogP contribution in [0.1, 0.15) is 32.6 Å². The van der Waals surface area contributed by atoms with Gasteiger partial charge in [0, 0.05) is 19.0 Å². The van der Waals surface area contributed by atoms with E-state index in [-0.39, 0.29) is 6.03 Å². The van der Waals surface area contributed by atoms with Crippen molar-refractivity contribution in [1.29, 1.82) is 0 Å². The third kappa shape index (κ3) is 3.93. The van der Waals surface area contributed by atoms with E-state index in [0.29, 0.717) is 36.4 Å². The Kier molecular flexibility index (Phi) is 5.80. The van der Waals surface area contributed by atoms with Gasteiger partial charge in [-0.25, -0.2) is 4.79 Å². The molecular weight excluding hydrogens is 306 g/mol. The first-order chi connectivity index (χ1) is 11.8. The smallest absolute Gasteiger partial charge is 0.322 e. The zero-order valence-electron chi connectivity index (χ0n) is 14.3. The van der Waals surface area contributed by atoms with E-state index in [4.69, 9.17) is 9.47 Å². The maximum absolute atomic E-state index is 12.9. The van der Waals surface area contributed by atoms with Crippen LogP contribution >= 0.6 is 0 Å². The van der Waals surface area contributed by atoms with E-state index < -0.39 is 0 Å². The highest BCUT2D eigenvalue weighted by molar-refractivity contribution is 5.92. The predicted molar refractivity (Wildman–Crippen MR) is 94.0 cm³/mol. The summed E-state index contributed by atoms with van der Waals surface area (Å²) in [6.45, 7) is 6.05. The number of nitrogens with one attached hydrogen (secondary N) is 2. The van der Waals surface area contributed by atoms with Crippen LogP contribution in [0.2, 0.25) is 0 Å². The average molecular weight is 333 g/mol. The summed E-state index contributed by atoms with van der Waals surface area (Å²) in [5, 5.41) is 6.39. The Morgan fingerprint density at radius 1 is 1.29 bits per heavy atom. The van der Waals surface area contributed by atoms with E-state index in [1.807, 2.05) is 23.1 Å². The standard InChI is InChI=1S/C18H27N3O3/c1-2-11-21(14-7-9-19-10-8-14)18(22)20-15-5-3-6-16-17(15)24-13-4-12-23-16/h3,5-6,14,19H,2,4,7-13H2,1H3,(H,20,22). The van der Waals surface area contributed by atoms with Crippen LogP contribution in [-0.2, 0) is 0 Å². The maximum Gasteiger partial charge on any atom is 0.322 e. The molecule has 1 aromatic rings. The average Bonchev–Trinajstić information content (AvgIpc) is 2.86. The van der Waals surface area contributed by atoms with Crippen LogP contribution in [0.5, 0.6) is 11.5 Å². The molecule has 2 aliphatic rings. The minimum absolute atomic E-state index is 0.0509. The fourth-order valence-electron chi connectivity index (χ4n) is 3.29. The molecule has 2 amide bonds. The van der Waals surface area contributed by atoms with Gasteiger partial charge in [0.05, 0.1) is 18.9 Å². The molecule has 1 fully saturated rings. The lowest BCUT2D eigenvalue weighted by Gasteiger charge is -2.34. The molecular formula is C18H27N3O3. The van der Waals surface area contributed by atoms with Gasteiger partial charge in [-0.1, -0.05) is 13.0 Å². The monoisotopic (exact) mass is 333 g/mol. The summed E-state index contributed by atoms with van der Waals surface area (Å²) in [5.41, 5.74) is 0.689. The summed E-state index contributed by atoms with van der Waals surface area (Å²) in [6, 6.07) is 5.89. The predicted octanol–water partition coefficient (Wildman–Crippen LogP) is 2.84. The van der Waals surface area contributed by atoms with Gasteiger partial charge in [0.2, 0.25) is 0 Å². The molecule has 1 saturated heterocycles. The molecule has 0 spiro atoms. The molecule has 6 nitrogen and oxygen atoms in total. The van der Waals surface area contributed by atoms with Crippen molar-refractivity contribution in [3.05, 3.63) is 18.2 Å². The molecule has 0 bridgehead atoms. The lowest BCUT2D eigenvalue weighted by molar-refractivity contribution is 0.171. The highest BCUT2D eigenvalue weighted by Gasteiger charge is 2.26. The number of ether oxygens (including phenoxy) is 2. The Morgan fingerprint density at radius 2 is 2.08 bits per heavy atom. The number of nitrogens with zero attached hydrogens (tertiary/aromatic N) is 1. The van der Waals surface area contributed by atoms with Gasteiger partial charge in [-0.2, -0.15) is 0 Å². The summed E-state index contributed by atoms with van der Waals surface area (Å²) in [6.07, 6.45) is 3.79. The molecule has 24 heavy (non-hydrogen) atoms. The van der Waals surface area contributed by atoms with Gasteiger partial charge < -0.3 is 25.0 Å². The molecule has 2 N–H and O–H groups in total. The second kappa shape index (κ2) is 8.24. The number of amides is 2. The van der Waals surface area contributed by atoms with Crippen molar-refractivity contribution in [3.8, 4) is 11.5 Å². The van der Waals surface area contributed by atoms with Crippen molar-refractivity contribution >= 4 is 11.7 Å². The molecule has 0 saturated carbocycles. The summed E-state index contributed by atoms with van der Waals surface area (Å²) in [4.78, 5) is 14.8. The Bertz CT molecular complexity index is 558. The third-order valence-corrected chi connectivity index (χ3v) is 4.49. The first-order valence-corrected chi connectivity index (χ1v) is 8.96. The van der Waals surface area contributed by atoms with E-state index >= 15 is 0 Å². The molecule has 2 aliphatic heterocycles. The third-order valence-electron chi connectivity index (χ3n) is 4.49. The van der Waals surface area contributed by atoms with Gasteiger partial charge in [-0.3, -0.25) is 0 Å². The van der Waals surface area contributed by atoms with E-state index in [1.54, 1.807) is 0 Å². The second-order valence-electron chi connectivity index (χ2n) is 6.29. The van der Waals surface area contributed by atoms with Gasteiger partial charge in [0.1, 0.15) is 0 Å². The van der Waals surface area contributed by atoms with Crippen LogP contribution in [0.3, 0.4) is 0 Å². The number of piperidine rings is 1. The Balaban J connectivity index is 1.75. The van der Waals surface area contributed by atoms with Crippen molar-refractivity contribution in [2.75, 3.05) is 38.2 Å². The SMILES string of the molecule is CCCN(C(=O)Nc1cccc2c1OCCCO2)C1CCNCC1. The second-order valence-corrected chi connectivity index (χ2v) is 6.29. The minimum atomic E-state index is -0.0509. The van der Waals surface area contributed by atoms with Crippen LogP contribution in [0, 0.1) is 0 Å². The van der Waals surface area contributed by atoms with Crippen LogP contribution in [0.4, 0.5) is 10.5 Å².